The Morgan fingerprint density at radius 3 is 2.37 bits per heavy atom. The Balaban J connectivity index is 1.50. The SMILES string of the molecule is Nc1ccc(-c2cccc(F)c2)c(C(CC(=O)CC2=CCc3ccc(F)cc32)Cc2cc(F)cc(F)c2)n1. The molecule has 0 saturated carbocycles. The van der Waals surface area contributed by atoms with Crippen LogP contribution < -0.4 is 5.73 Å². The van der Waals surface area contributed by atoms with Crippen LogP contribution in [0.15, 0.2) is 78.9 Å². The predicted molar refractivity (Wildman–Crippen MR) is 139 cm³/mol. The van der Waals surface area contributed by atoms with E-state index in [1.807, 2.05) is 6.08 Å². The number of pyridine rings is 1. The third-order valence-electron chi connectivity index (χ3n) is 6.72. The van der Waals surface area contributed by atoms with E-state index in [9.17, 15) is 22.4 Å². The van der Waals surface area contributed by atoms with Crippen molar-refractivity contribution in [1.29, 1.82) is 0 Å². The summed E-state index contributed by atoms with van der Waals surface area (Å²) < 4.78 is 56.0. The van der Waals surface area contributed by atoms with E-state index in [1.54, 1.807) is 30.3 Å². The second-order valence-corrected chi connectivity index (χ2v) is 9.51. The Morgan fingerprint density at radius 1 is 0.842 bits per heavy atom. The molecule has 38 heavy (non-hydrogen) atoms. The maximum absolute atomic E-state index is 14.1. The van der Waals surface area contributed by atoms with Crippen molar-refractivity contribution >= 4 is 17.2 Å². The summed E-state index contributed by atoms with van der Waals surface area (Å²) >= 11 is 0. The quantitative estimate of drug-likeness (QED) is 0.252. The molecule has 5 rings (SSSR count). The number of hydrogen-bond acceptors (Lipinski definition) is 3. The van der Waals surface area contributed by atoms with Crippen molar-refractivity contribution in [3.8, 4) is 11.1 Å². The number of benzene rings is 3. The number of hydrogen-bond donors (Lipinski definition) is 1. The standard InChI is InChI=1S/C31H24F4N2O/c32-23-3-1-2-20(13-23)28-8-9-30(36)37-31(28)22(10-18-11-25(34)16-26(35)12-18)15-27(38)14-21-5-4-19-6-7-24(33)17-29(19)21/h1-3,5-9,11-13,16-17,22H,4,10,14-15H2,(H2,36,37). The third kappa shape index (κ3) is 5.67. The van der Waals surface area contributed by atoms with E-state index >= 15 is 0 Å². The Labute approximate surface area is 217 Å². The lowest BCUT2D eigenvalue weighted by atomic mass is 9.85. The number of nitrogen functional groups attached to an aromatic ring is 1. The molecular weight excluding hydrogens is 492 g/mol. The zero-order valence-electron chi connectivity index (χ0n) is 20.4. The summed E-state index contributed by atoms with van der Waals surface area (Å²) in [5, 5.41) is 0. The van der Waals surface area contributed by atoms with Gasteiger partial charge in [-0.2, -0.15) is 0 Å². The van der Waals surface area contributed by atoms with Gasteiger partial charge in [0.05, 0.1) is 5.69 Å². The second-order valence-electron chi connectivity index (χ2n) is 9.51. The highest BCUT2D eigenvalue weighted by Gasteiger charge is 2.25. The van der Waals surface area contributed by atoms with Crippen molar-refractivity contribution in [2.75, 3.05) is 5.73 Å². The number of carbonyl (C=O) groups excluding carboxylic acids is 1. The van der Waals surface area contributed by atoms with Crippen molar-refractivity contribution in [1.82, 2.24) is 4.98 Å². The lowest BCUT2D eigenvalue weighted by molar-refractivity contribution is -0.118. The van der Waals surface area contributed by atoms with Crippen LogP contribution in [0.1, 0.15) is 41.1 Å². The maximum atomic E-state index is 14.1. The first kappa shape index (κ1) is 25.4. The number of fused-ring (bicyclic) bond motifs is 1. The van der Waals surface area contributed by atoms with E-state index in [1.165, 1.54) is 36.4 Å². The molecule has 7 heteroatoms. The van der Waals surface area contributed by atoms with E-state index in [0.29, 0.717) is 34.4 Å². The van der Waals surface area contributed by atoms with Gasteiger partial charge in [-0.3, -0.25) is 4.79 Å². The molecule has 192 valence electrons. The monoisotopic (exact) mass is 516 g/mol. The first-order chi connectivity index (χ1) is 18.2. The Kier molecular flexibility index (Phi) is 7.09. The summed E-state index contributed by atoms with van der Waals surface area (Å²) in [7, 11) is 0. The highest BCUT2D eigenvalue weighted by atomic mass is 19.1. The highest BCUT2D eigenvalue weighted by molar-refractivity contribution is 5.92. The minimum Gasteiger partial charge on any atom is -0.384 e. The molecule has 1 aliphatic carbocycles. The van der Waals surface area contributed by atoms with Crippen LogP contribution in [-0.4, -0.2) is 10.8 Å². The molecule has 1 aromatic heterocycles. The van der Waals surface area contributed by atoms with Crippen LogP contribution in [-0.2, 0) is 17.6 Å². The highest BCUT2D eigenvalue weighted by Crippen LogP contribution is 2.36. The summed E-state index contributed by atoms with van der Waals surface area (Å²) in [6.07, 6.45) is 2.69. The molecule has 1 heterocycles. The molecule has 1 atom stereocenters. The van der Waals surface area contributed by atoms with E-state index in [0.717, 1.165) is 17.2 Å². The van der Waals surface area contributed by atoms with Gasteiger partial charge in [0.25, 0.3) is 0 Å². The summed E-state index contributed by atoms with van der Waals surface area (Å²) in [4.78, 5) is 17.9. The molecule has 0 saturated heterocycles. The van der Waals surface area contributed by atoms with Crippen LogP contribution in [0.3, 0.4) is 0 Å². The number of rotatable bonds is 8. The maximum Gasteiger partial charge on any atom is 0.137 e. The molecule has 0 fully saturated rings. The Hall–Kier alpha value is -4.26. The van der Waals surface area contributed by atoms with Crippen LogP contribution in [0.25, 0.3) is 16.7 Å². The molecule has 3 nitrogen and oxygen atoms in total. The van der Waals surface area contributed by atoms with Crippen LogP contribution in [0.4, 0.5) is 23.4 Å². The normalized spacial score (nSPS) is 13.2. The third-order valence-corrected chi connectivity index (χ3v) is 6.72. The van der Waals surface area contributed by atoms with Gasteiger partial charge < -0.3 is 5.73 Å². The topological polar surface area (TPSA) is 56.0 Å². The van der Waals surface area contributed by atoms with Crippen molar-refractivity contribution in [2.45, 2.75) is 31.6 Å². The molecule has 0 spiro atoms. The van der Waals surface area contributed by atoms with E-state index in [2.05, 4.69) is 4.98 Å². The molecule has 3 aromatic carbocycles. The first-order valence-electron chi connectivity index (χ1n) is 12.2. The van der Waals surface area contributed by atoms with Gasteiger partial charge in [0.2, 0.25) is 0 Å². The summed E-state index contributed by atoms with van der Waals surface area (Å²) in [5.41, 5.74) is 10.3. The number of nitrogens with zero attached hydrogens (tertiary/aromatic N) is 1. The number of carbonyl (C=O) groups is 1. The van der Waals surface area contributed by atoms with E-state index < -0.39 is 23.4 Å². The molecule has 1 unspecified atom stereocenters. The zero-order valence-corrected chi connectivity index (χ0v) is 20.4. The fraction of sp³-hybridized carbons (Fsp3) is 0.161. The Morgan fingerprint density at radius 2 is 1.61 bits per heavy atom. The molecule has 0 amide bonds. The predicted octanol–water partition coefficient (Wildman–Crippen LogP) is 7.20. The molecule has 4 aromatic rings. The fourth-order valence-electron chi connectivity index (χ4n) is 5.08. The van der Waals surface area contributed by atoms with Crippen molar-refractivity contribution in [3.05, 3.63) is 125 Å². The van der Waals surface area contributed by atoms with Crippen molar-refractivity contribution in [3.63, 3.8) is 0 Å². The molecule has 2 N–H and O–H groups in total. The Bertz CT molecular complexity index is 1540. The van der Waals surface area contributed by atoms with Crippen molar-refractivity contribution < 1.29 is 22.4 Å². The number of ketones is 1. The second kappa shape index (κ2) is 10.6. The molecule has 0 bridgehead atoms. The van der Waals surface area contributed by atoms with Crippen molar-refractivity contribution in [2.24, 2.45) is 0 Å². The van der Waals surface area contributed by atoms with Gasteiger partial charge in [-0.05, 0) is 89.2 Å². The lowest BCUT2D eigenvalue weighted by Crippen LogP contribution is -2.14. The zero-order chi connectivity index (χ0) is 26.8. The van der Waals surface area contributed by atoms with Crippen LogP contribution in [0.2, 0.25) is 0 Å². The van der Waals surface area contributed by atoms with Gasteiger partial charge in [-0.25, -0.2) is 22.5 Å². The average Bonchev–Trinajstić information content (AvgIpc) is 3.24. The van der Waals surface area contributed by atoms with E-state index in [4.69, 9.17) is 5.73 Å². The molecular formula is C31H24F4N2O. The van der Waals surface area contributed by atoms with Gasteiger partial charge in [0.15, 0.2) is 0 Å². The summed E-state index contributed by atoms with van der Waals surface area (Å²) in [6.45, 7) is 0. The summed E-state index contributed by atoms with van der Waals surface area (Å²) in [5.74, 6) is -2.84. The van der Waals surface area contributed by atoms with Gasteiger partial charge in [0, 0.05) is 30.4 Å². The molecule has 0 aliphatic heterocycles. The largest absolute Gasteiger partial charge is 0.384 e. The minimum absolute atomic E-state index is 0.0150. The van der Waals surface area contributed by atoms with Crippen LogP contribution in [0.5, 0.6) is 0 Å². The van der Waals surface area contributed by atoms with Gasteiger partial charge >= 0.3 is 0 Å². The minimum atomic E-state index is -0.731. The fourth-order valence-corrected chi connectivity index (χ4v) is 5.08. The number of halogens is 4. The van der Waals surface area contributed by atoms with Gasteiger partial charge in [0.1, 0.15) is 34.9 Å². The number of anilines is 1. The van der Waals surface area contributed by atoms with Gasteiger partial charge in [-0.15, -0.1) is 0 Å². The number of nitrogens with two attached hydrogens (primary N) is 1. The number of aromatic nitrogens is 1. The number of Topliss-reactive ketones (excluding diaryl/α,β-unsaturated/α-hetero) is 1. The number of allylic oxidation sites excluding steroid dienone is 2. The first-order valence-corrected chi connectivity index (χ1v) is 12.2. The van der Waals surface area contributed by atoms with Crippen LogP contribution >= 0.6 is 0 Å². The smallest absolute Gasteiger partial charge is 0.137 e. The molecule has 1 aliphatic rings. The lowest BCUT2D eigenvalue weighted by Gasteiger charge is -2.21. The van der Waals surface area contributed by atoms with Gasteiger partial charge in [-0.1, -0.05) is 24.3 Å². The molecule has 0 radical (unpaired) electrons. The summed E-state index contributed by atoms with van der Waals surface area (Å²) in [6, 6.07) is 17.0. The van der Waals surface area contributed by atoms with E-state index in [-0.39, 0.29) is 36.7 Å². The van der Waals surface area contributed by atoms with Crippen LogP contribution in [0, 0.1) is 23.3 Å². The average molecular weight is 517 g/mol.